The molecule has 0 aliphatic carbocycles. The quantitative estimate of drug-likeness (QED) is 0.832. The first-order valence-electron chi connectivity index (χ1n) is 6.35. The van der Waals surface area contributed by atoms with Crippen LogP contribution < -0.4 is 4.90 Å². The average molecular weight is 279 g/mol. The largest absolute Gasteiger partial charge is 0.396 e. The first-order valence-corrected chi connectivity index (χ1v) is 7.40. The van der Waals surface area contributed by atoms with Gasteiger partial charge >= 0.3 is 0 Å². The number of carbonyl (C=O) groups excluding carboxylic acids is 2. The van der Waals surface area contributed by atoms with E-state index >= 15 is 0 Å². The second kappa shape index (κ2) is 6.21. The van der Waals surface area contributed by atoms with Crippen LogP contribution in [0.15, 0.2) is 24.3 Å². The summed E-state index contributed by atoms with van der Waals surface area (Å²) < 4.78 is 0. The lowest BCUT2D eigenvalue weighted by Gasteiger charge is -2.15. The molecule has 1 aliphatic rings. The monoisotopic (exact) mass is 279 g/mol. The molecule has 1 saturated heterocycles. The lowest BCUT2D eigenvalue weighted by atomic mass is 10.1. The number of amides is 2. The fourth-order valence-corrected chi connectivity index (χ4v) is 2.98. The zero-order valence-electron chi connectivity index (χ0n) is 10.8. The average Bonchev–Trinajstić information content (AvgIpc) is 2.71. The number of anilines is 1. The maximum atomic E-state index is 12.2. The van der Waals surface area contributed by atoms with Gasteiger partial charge in [0.25, 0.3) is 0 Å². The Hall–Kier alpha value is -1.33. The molecule has 0 bridgehead atoms. The van der Waals surface area contributed by atoms with E-state index in [2.05, 4.69) is 6.92 Å². The van der Waals surface area contributed by atoms with E-state index in [1.165, 1.54) is 22.2 Å². The molecule has 0 saturated carbocycles. The molecule has 102 valence electrons. The molecular formula is C14H17NO3S. The summed E-state index contributed by atoms with van der Waals surface area (Å²) in [5.41, 5.74) is 1.81. The van der Waals surface area contributed by atoms with Crippen molar-refractivity contribution in [2.45, 2.75) is 25.0 Å². The van der Waals surface area contributed by atoms with Crippen LogP contribution in [0.25, 0.3) is 0 Å². The number of carbonyl (C=O) groups is 2. The van der Waals surface area contributed by atoms with Gasteiger partial charge in [0.2, 0.25) is 11.8 Å². The van der Waals surface area contributed by atoms with E-state index in [9.17, 15) is 9.59 Å². The lowest BCUT2D eigenvalue weighted by molar-refractivity contribution is -0.121. The zero-order valence-corrected chi connectivity index (χ0v) is 11.7. The Kier molecular flexibility index (Phi) is 4.61. The topological polar surface area (TPSA) is 57.6 Å². The van der Waals surface area contributed by atoms with E-state index in [-0.39, 0.29) is 30.1 Å². The summed E-state index contributed by atoms with van der Waals surface area (Å²) in [4.78, 5) is 25.4. The molecule has 1 aliphatic heterocycles. The Morgan fingerprint density at radius 1 is 1.32 bits per heavy atom. The summed E-state index contributed by atoms with van der Waals surface area (Å²) in [7, 11) is 0. The number of benzene rings is 1. The third-order valence-electron chi connectivity index (χ3n) is 3.12. The van der Waals surface area contributed by atoms with Crippen LogP contribution in [-0.2, 0) is 16.0 Å². The predicted octanol–water partition coefficient (Wildman–Crippen LogP) is 1.61. The van der Waals surface area contributed by atoms with Crippen molar-refractivity contribution < 1.29 is 14.7 Å². The number of hydrogen-bond donors (Lipinski definition) is 1. The van der Waals surface area contributed by atoms with Gasteiger partial charge in [-0.1, -0.05) is 19.1 Å². The third kappa shape index (κ3) is 2.98. The van der Waals surface area contributed by atoms with Crippen LogP contribution in [0.2, 0.25) is 0 Å². The minimum atomic E-state index is -0.356. The fourth-order valence-electron chi connectivity index (χ4n) is 2.08. The highest BCUT2D eigenvalue weighted by Gasteiger charge is 2.39. The van der Waals surface area contributed by atoms with E-state index < -0.39 is 0 Å². The van der Waals surface area contributed by atoms with Crippen molar-refractivity contribution in [3.8, 4) is 0 Å². The Morgan fingerprint density at radius 3 is 2.58 bits per heavy atom. The van der Waals surface area contributed by atoms with Gasteiger partial charge in [-0.15, -0.1) is 11.8 Å². The summed E-state index contributed by atoms with van der Waals surface area (Å²) in [5.74, 6) is 0.143. The lowest BCUT2D eigenvalue weighted by Crippen LogP contribution is -2.31. The molecule has 2 amide bonds. The van der Waals surface area contributed by atoms with Gasteiger partial charge in [0, 0.05) is 12.2 Å². The molecule has 1 heterocycles. The van der Waals surface area contributed by atoms with Crippen LogP contribution in [0.4, 0.5) is 5.69 Å². The molecule has 2 rings (SSSR count). The summed E-state index contributed by atoms with van der Waals surface area (Å²) >= 11 is 1.34. The van der Waals surface area contributed by atoms with Crippen molar-refractivity contribution in [2.75, 3.05) is 17.3 Å². The van der Waals surface area contributed by atoms with Crippen LogP contribution in [0.1, 0.15) is 18.9 Å². The second-order valence-corrected chi connectivity index (χ2v) is 5.69. The van der Waals surface area contributed by atoms with Crippen LogP contribution in [-0.4, -0.2) is 34.5 Å². The Morgan fingerprint density at radius 2 is 2.00 bits per heavy atom. The minimum absolute atomic E-state index is 0.0217. The van der Waals surface area contributed by atoms with E-state index in [0.717, 1.165) is 6.42 Å². The van der Waals surface area contributed by atoms with Crippen LogP contribution >= 0.6 is 11.8 Å². The van der Waals surface area contributed by atoms with Crippen molar-refractivity contribution in [1.29, 1.82) is 0 Å². The predicted molar refractivity (Wildman–Crippen MR) is 76.3 cm³/mol. The van der Waals surface area contributed by atoms with E-state index in [1.807, 2.05) is 24.3 Å². The van der Waals surface area contributed by atoms with Crippen molar-refractivity contribution >= 4 is 29.3 Å². The van der Waals surface area contributed by atoms with Crippen molar-refractivity contribution in [3.05, 3.63) is 29.8 Å². The number of aliphatic hydroxyl groups excluding tert-OH is 1. The highest BCUT2D eigenvalue weighted by Crippen LogP contribution is 2.29. The summed E-state index contributed by atoms with van der Waals surface area (Å²) in [6, 6.07) is 7.50. The summed E-state index contributed by atoms with van der Waals surface area (Å²) in [6.07, 6.45) is 1.15. The fraction of sp³-hybridized carbons (Fsp3) is 0.429. The van der Waals surface area contributed by atoms with E-state index in [1.54, 1.807) is 0 Å². The van der Waals surface area contributed by atoms with Crippen molar-refractivity contribution in [2.24, 2.45) is 0 Å². The van der Waals surface area contributed by atoms with Crippen molar-refractivity contribution in [3.63, 3.8) is 0 Å². The molecule has 0 spiro atoms. The molecular weight excluding hydrogens is 262 g/mol. The number of imide groups is 1. The number of hydrogen-bond acceptors (Lipinski definition) is 4. The molecule has 0 unspecified atom stereocenters. The Bertz CT molecular complexity index is 472. The molecule has 1 atom stereocenters. The van der Waals surface area contributed by atoms with Gasteiger partial charge in [0.05, 0.1) is 17.5 Å². The normalized spacial score (nSPS) is 19.3. The third-order valence-corrected chi connectivity index (χ3v) is 4.31. The molecule has 1 aromatic rings. The van der Waals surface area contributed by atoms with Crippen LogP contribution in [0, 0.1) is 0 Å². The molecule has 5 heteroatoms. The molecule has 1 aromatic carbocycles. The number of thioether (sulfide) groups is 1. The minimum Gasteiger partial charge on any atom is -0.396 e. The first-order chi connectivity index (χ1) is 9.17. The highest BCUT2D eigenvalue weighted by molar-refractivity contribution is 8.00. The van der Waals surface area contributed by atoms with E-state index in [4.69, 9.17) is 5.11 Å². The summed E-state index contributed by atoms with van der Waals surface area (Å²) in [5, 5.41) is 8.43. The van der Waals surface area contributed by atoms with Gasteiger partial charge in [-0.25, -0.2) is 4.90 Å². The number of rotatable bonds is 5. The van der Waals surface area contributed by atoms with Gasteiger partial charge < -0.3 is 5.11 Å². The maximum Gasteiger partial charge on any atom is 0.247 e. The molecule has 0 radical (unpaired) electrons. The Labute approximate surface area is 116 Å². The number of aliphatic hydroxyl groups is 1. The Balaban J connectivity index is 2.14. The van der Waals surface area contributed by atoms with Gasteiger partial charge in [0.15, 0.2) is 0 Å². The molecule has 1 fully saturated rings. The van der Waals surface area contributed by atoms with Gasteiger partial charge in [0.1, 0.15) is 0 Å². The molecule has 4 nitrogen and oxygen atoms in total. The SMILES string of the molecule is CCc1ccc(N2C(=O)C[C@H](SCCO)C2=O)cc1. The summed E-state index contributed by atoms with van der Waals surface area (Å²) in [6.45, 7) is 2.08. The number of nitrogens with zero attached hydrogens (tertiary/aromatic N) is 1. The highest BCUT2D eigenvalue weighted by atomic mass is 32.2. The second-order valence-electron chi connectivity index (χ2n) is 4.37. The number of aryl methyl sites for hydroxylation is 1. The van der Waals surface area contributed by atoms with Gasteiger partial charge in [-0.2, -0.15) is 0 Å². The smallest absolute Gasteiger partial charge is 0.247 e. The molecule has 1 N–H and O–H groups in total. The van der Waals surface area contributed by atoms with Crippen LogP contribution in [0.5, 0.6) is 0 Å². The zero-order chi connectivity index (χ0) is 13.8. The van der Waals surface area contributed by atoms with Gasteiger partial charge in [-0.05, 0) is 24.1 Å². The first kappa shape index (κ1) is 14.1. The van der Waals surface area contributed by atoms with Crippen LogP contribution in [0.3, 0.4) is 0 Å². The van der Waals surface area contributed by atoms with E-state index in [0.29, 0.717) is 11.4 Å². The standard InChI is InChI=1S/C14H17NO3S/c1-2-10-3-5-11(6-4-10)15-13(17)9-12(14(15)18)19-8-7-16/h3-6,12,16H,2,7-9H2,1H3/t12-/m0/s1. The van der Waals surface area contributed by atoms with Crippen molar-refractivity contribution in [1.82, 2.24) is 0 Å². The molecule has 19 heavy (non-hydrogen) atoms. The maximum absolute atomic E-state index is 12.2. The molecule has 0 aromatic heterocycles. The van der Waals surface area contributed by atoms with Gasteiger partial charge in [-0.3, -0.25) is 9.59 Å².